The summed E-state index contributed by atoms with van der Waals surface area (Å²) < 4.78 is 10.7. The minimum atomic E-state index is 0.718. The van der Waals surface area contributed by atoms with Crippen molar-refractivity contribution in [3.8, 4) is 11.5 Å². The summed E-state index contributed by atoms with van der Waals surface area (Å²) in [6.07, 6.45) is 3.25. The number of nitrogens with one attached hydrogen (secondary N) is 1. The Hall–Kier alpha value is -1.56. The molecule has 1 aromatic carbocycles. The van der Waals surface area contributed by atoms with Gasteiger partial charge in [-0.25, -0.2) is 0 Å². The van der Waals surface area contributed by atoms with Gasteiger partial charge in [0.25, 0.3) is 0 Å². The first-order valence-electron chi connectivity index (χ1n) is 7.27. The molecule has 0 saturated heterocycles. The van der Waals surface area contributed by atoms with Gasteiger partial charge in [-0.15, -0.1) is 0 Å². The Balaban J connectivity index is 2.67. The van der Waals surface area contributed by atoms with Crippen molar-refractivity contribution in [3.63, 3.8) is 0 Å². The van der Waals surface area contributed by atoms with E-state index in [1.54, 1.807) is 21.3 Å². The van der Waals surface area contributed by atoms with Gasteiger partial charge < -0.3 is 19.7 Å². The minimum Gasteiger partial charge on any atom is -0.497 e. The van der Waals surface area contributed by atoms with Crippen LogP contribution in [0.15, 0.2) is 23.2 Å². The summed E-state index contributed by atoms with van der Waals surface area (Å²) >= 11 is 1.86. The van der Waals surface area contributed by atoms with Gasteiger partial charge >= 0.3 is 0 Å². The predicted octanol–water partition coefficient (Wildman–Crippen LogP) is 2.46. The fourth-order valence-electron chi connectivity index (χ4n) is 2.11. The molecule has 0 aromatic heterocycles. The van der Waals surface area contributed by atoms with Crippen molar-refractivity contribution in [2.45, 2.75) is 13.0 Å². The van der Waals surface area contributed by atoms with E-state index in [1.165, 1.54) is 0 Å². The molecule has 0 heterocycles. The number of hydrogen-bond acceptors (Lipinski definition) is 4. The van der Waals surface area contributed by atoms with Gasteiger partial charge in [0.2, 0.25) is 0 Å². The van der Waals surface area contributed by atoms with E-state index in [4.69, 9.17) is 9.47 Å². The first-order valence-corrected chi connectivity index (χ1v) is 8.67. The highest BCUT2D eigenvalue weighted by atomic mass is 32.2. The number of thioether (sulfide) groups is 1. The minimum absolute atomic E-state index is 0.718. The van der Waals surface area contributed by atoms with Gasteiger partial charge in [-0.1, -0.05) is 0 Å². The van der Waals surface area contributed by atoms with Gasteiger partial charge in [-0.05, 0) is 30.6 Å². The molecule has 1 rings (SSSR count). The highest BCUT2D eigenvalue weighted by Gasteiger charge is 2.11. The van der Waals surface area contributed by atoms with Gasteiger partial charge in [0.15, 0.2) is 5.96 Å². The average molecular weight is 325 g/mol. The first kappa shape index (κ1) is 18.5. The lowest BCUT2D eigenvalue weighted by molar-refractivity contribution is 0.382. The number of rotatable bonds is 8. The summed E-state index contributed by atoms with van der Waals surface area (Å²) in [5.41, 5.74) is 1.10. The highest BCUT2D eigenvalue weighted by molar-refractivity contribution is 7.98. The third-order valence-electron chi connectivity index (χ3n) is 3.28. The summed E-state index contributed by atoms with van der Waals surface area (Å²) in [6.45, 7) is 1.65. The van der Waals surface area contributed by atoms with Crippen molar-refractivity contribution in [2.75, 3.05) is 46.9 Å². The SMILES string of the molecule is CN=C(NCCCSC)N(C)Cc1ccc(OC)cc1OC. The molecular weight excluding hydrogens is 298 g/mol. The largest absolute Gasteiger partial charge is 0.497 e. The van der Waals surface area contributed by atoms with Crippen LogP contribution in [0.4, 0.5) is 0 Å². The molecule has 0 aliphatic heterocycles. The van der Waals surface area contributed by atoms with Crippen LogP contribution in [0.1, 0.15) is 12.0 Å². The van der Waals surface area contributed by atoms with Gasteiger partial charge in [0.1, 0.15) is 11.5 Å². The zero-order chi connectivity index (χ0) is 16.4. The number of ether oxygens (including phenoxy) is 2. The van der Waals surface area contributed by atoms with E-state index >= 15 is 0 Å². The van der Waals surface area contributed by atoms with Crippen molar-refractivity contribution in [1.29, 1.82) is 0 Å². The third kappa shape index (κ3) is 5.67. The Morgan fingerprint density at radius 3 is 2.68 bits per heavy atom. The molecule has 124 valence electrons. The second kappa shape index (κ2) is 10.2. The van der Waals surface area contributed by atoms with E-state index < -0.39 is 0 Å². The fourth-order valence-corrected chi connectivity index (χ4v) is 2.55. The molecule has 0 spiro atoms. The predicted molar refractivity (Wildman–Crippen MR) is 95.4 cm³/mol. The lowest BCUT2D eigenvalue weighted by atomic mass is 10.2. The van der Waals surface area contributed by atoms with Gasteiger partial charge in [-0.2, -0.15) is 11.8 Å². The van der Waals surface area contributed by atoms with Crippen molar-refractivity contribution in [1.82, 2.24) is 10.2 Å². The van der Waals surface area contributed by atoms with Crippen LogP contribution in [-0.4, -0.2) is 57.7 Å². The molecular formula is C16H27N3O2S. The molecule has 0 aliphatic carbocycles. The average Bonchev–Trinajstić information content (AvgIpc) is 2.55. The molecule has 0 fully saturated rings. The number of hydrogen-bond donors (Lipinski definition) is 1. The normalized spacial score (nSPS) is 11.2. The molecule has 0 saturated carbocycles. The van der Waals surface area contributed by atoms with Crippen molar-refractivity contribution in [3.05, 3.63) is 23.8 Å². The fraction of sp³-hybridized carbons (Fsp3) is 0.562. The maximum absolute atomic E-state index is 5.45. The Bertz CT molecular complexity index is 480. The van der Waals surface area contributed by atoms with E-state index in [9.17, 15) is 0 Å². The van der Waals surface area contributed by atoms with E-state index in [0.717, 1.165) is 48.3 Å². The Kier molecular flexibility index (Phi) is 8.58. The summed E-state index contributed by atoms with van der Waals surface area (Å²) in [5.74, 6) is 3.66. The molecule has 1 N–H and O–H groups in total. The molecule has 6 heteroatoms. The molecule has 0 bridgehead atoms. The van der Waals surface area contributed by atoms with Gasteiger partial charge in [-0.3, -0.25) is 4.99 Å². The van der Waals surface area contributed by atoms with Crippen LogP contribution in [0.2, 0.25) is 0 Å². The van der Waals surface area contributed by atoms with Crippen LogP contribution in [0, 0.1) is 0 Å². The number of aliphatic imine (C=N–C) groups is 1. The van der Waals surface area contributed by atoms with E-state index in [1.807, 2.05) is 37.0 Å². The molecule has 22 heavy (non-hydrogen) atoms. The van der Waals surface area contributed by atoms with Crippen LogP contribution in [0.25, 0.3) is 0 Å². The summed E-state index contributed by atoms with van der Waals surface area (Å²) in [7, 11) is 7.15. The second-order valence-corrected chi connectivity index (χ2v) is 5.84. The van der Waals surface area contributed by atoms with E-state index in [0.29, 0.717) is 0 Å². The van der Waals surface area contributed by atoms with Gasteiger partial charge in [0, 0.05) is 38.8 Å². The molecule has 0 unspecified atom stereocenters. The number of guanidine groups is 1. The van der Waals surface area contributed by atoms with E-state index in [-0.39, 0.29) is 0 Å². The highest BCUT2D eigenvalue weighted by Crippen LogP contribution is 2.25. The van der Waals surface area contributed by atoms with Crippen LogP contribution in [-0.2, 0) is 6.54 Å². The first-order chi connectivity index (χ1) is 10.7. The summed E-state index contributed by atoms with van der Waals surface area (Å²) in [5, 5.41) is 3.38. The second-order valence-electron chi connectivity index (χ2n) is 4.85. The lowest BCUT2D eigenvalue weighted by Gasteiger charge is -2.23. The molecule has 5 nitrogen and oxygen atoms in total. The maximum Gasteiger partial charge on any atom is 0.193 e. The van der Waals surface area contributed by atoms with Crippen LogP contribution in [0.5, 0.6) is 11.5 Å². The molecule has 0 radical (unpaired) electrons. The van der Waals surface area contributed by atoms with Crippen LogP contribution < -0.4 is 14.8 Å². The van der Waals surface area contributed by atoms with E-state index in [2.05, 4.69) is 21.5 Å². The van der Waals surface area contributed by atoms with Crippen LogP contribution in [0.3, 0.4) is 0 Å². The Morgan fingerprint density at radius 2 is 2.09 bits per heavy atom. The summed E-state index contributed by atoms with van der Waals surface area (Å²) in [4.78, 5) is 6.42. The molecule has 1 aromatic rings. The summed E-state index contributed by atoms with van der Waals surface area (Å²) in [6, 6.07) is 5.87. The standard InChI is InChI=1S/C16H27N3O2S/c1-17-16(18-9-6-10-22-5)19(2)12-13-7-8-14(20-3)11-15(13)21-4/h7-8,11H,6,9-10,12H2,1-5H3,(H,17,18). The number of benzene rings is 1. The number of nitrogens with zero attached hydrogens (tertiary/aromatic N) is 2. The monoisotopic (exact) mass is 325 g/mol. The van der Waals surface area contributed by atoms with Crippen LogP contribution >= 0.6 is 11.8 Å². The lowest BCUT2D eigenvalue weighted by Crippen LogP contribution is -2.39. The topological polar surface area (TPSA) is 46.1 Å². The quantitative estimate of drug-likeness (QED) is 0.452. The molecule has 0 amide bonds. The third-order valence-corrected chi connectivity index (χ3v) is 3.98. The molecule has 0 atom stereocenters. The Labute approximate surface area is 138 Å². The van der Waals surface area contributed by atoms with Crippen molar-refractivity contribution >= 4 is 17.7 Å². The maximum atomic E-state index is 5.45. The van der Waals surface area contributed by atoms with Gasteiger partial charge in [0.05, 0.1) is 14.2 Å². The van der Waals surface area contributed by atoms with Crippen molar-refractivity contribution in [2.24, 2.45) is 4.99 Å². The zero-order valence-electron chi connectivity index (χ0n) is 14.2. The number of methoxy groups -OCH3 is 2. The smallest absolute Gasteiger partial charge is 0.193 e. The zero-order valence-corrected chi connectivity index (χ0v) is 15.0. The molecule has 0 aliphatic rings. The van der Waals surface area contributed by atoms with Crippen molar-refractivity contribution < 1.29 is 9.47 Å². The Morgan fingerprint density at radius 1 is 1.32 bits per heavy atom.